The number of non-ortho nitro benzene ring substituents is 1. The third kappa shape index (κ3) is 5.99. The lowest BCUT2D eigenvalue weighted by Crippen LogP contribution is -3.00. The molecule has 0 saturated carbocycles. The zero-order chi connectivity index (χ0) is 30.1. The summed E-state index contributed by atoms with van der Waals surface area (Å²) in [6.45, 7) is 15.5. The number of benzene rings is 3. The first-order chi connectivity index (χ1) is 20.1. The maximum absolute atomic E-state index is 11.4. The van der Waals surface area contributed by atoms with E-state index in [2.05, 4.69) is 124 Å². The fourth-order valence-electron chi connectivity index (χ4n) is 6.57. The van der Waals surface area contributed by atoms with Crippen molar-refractivity contribution in [2.24, 2.45) is 0 Å². The maximum Gasteiger partial charge on any atom is 0.269 e. The molecule has 0 aromatic heterocycles. The van der Waals surface area contributed by atoms with Crippen LogP contribution in [0.15, 0.2) is 103 Å². The number of rotatable bonds is 9. The summed E-state index contributed by atoms with van der Waals surface area (Å²) < 4.78 is 2.44. The molecule has 0 radical (unpaired) electrons. The van der Waals surface area contributed by atoms with Crippen LogP contribution in [0.4, 0.5) is 17.1 Å². The van der Waals surface area contributed by atoms with E-state index in [-0.39, 0.29) is 45.4 Å². The topological polar surface area (TPSA) is 49.4 Å². The molecule has 0 spiro atoms. The molecule has 0 amide bonds. The zero-order valence-corrected chi connectivity index (χ0v) is 28.3. The van der Waals surface area contributed by atoms with Gasteiger partial charge in [-0.05, 0) is 67.3 Å². The van der Waals surface area contributed by atoms with Crippen LogP contribution in [0.25, 0.3) is 5.57 Å². The van der Waals surface area contributed by atoms with Crippen molar-refractivity contribution < 1.29 is 33.5 Å². The van der Waals surface area contributed by atoms with Crippen molar-refractivity contribution in [3.63, 3.8) is 0 Å². The van der Waals surface area contributed by atoms with Crippen LogP contribution in [0.1, 0.15) is 71.1 Å². The van der Waals surface area contributed by atoms with Crippen molar-refractivity contribution in [2.45, 2.75) is 65.2 Å². The number of anilines is 1. The lowest BCUT2D eigenvalue weighted by molar-refractivity contribution is -0.437. The molecule has 5 nitrogen and oxygen atoms in total. The van der Waals surface area contributed by atoms with Crippen LogP contribution < -0.4 is 28.9 Å². The van der Waals surface area contributed by atoms with Crippen LogP contribution in [-0.4, -0.2) is 28.3 Å². The van der Waals surface area contributed by atoms with Gasteiger partial charge in [-0.1, -0.05) is 70.2 Å². The van der Waals surface area contributed by atoms with Gasteiger partial charge in [0.15, 0.2) is 5.71 Å². The molecule has 2 heterocycles. The number of hydrogen-bond donors (Lipinski definition) is 0. The Morgan fingerprint density at radius 3 is 2.19 bits per heavy atom. The van der Waals surface area contributed by atoms with Crippen LogP contribution in [0.2, 0.25) is 0 Å². The fourth-order valence-corrected chi connectivity index (χ4v) is 6.57. The highest BCUT2D eigenvalue weighted by Crippen LogP contribution is 2.47. The minimum absolute atomic E-state index is 0. The van der Waals surface area contributed by atoms with Gasteiger partial charge in [-0.2, -0.15) is 4.58 Å². The first kappa shape index (κ1) is 32.4. The second kappa shape index (κ2) is 13.0. The van der Waals surface area contributed by atoms with Gasteiger partial charge in [0.2, 0.25) is 5.69 Å². The summed E-state index contributed by atoms with van der Waals surface area (Å²) in [6.07, 6.45) is 11.0. The van der Waals surface area contributed by atoms with E-state index >= 15 is 0 Å². The number of para-hydroxylation sites is 2. The number of nitro benzene ring substituents is 1. The van der Waals surface area contributed by atoms with Crippen LogP contribution in [0.3, 0.4) is 0 Å². The Bertz CT molecular complexity index is 1630. The van der Waals surface area contributed by atoms with Crippen LogP contribution in [0.5, 0.6) is 0 Å². The molecular formula is C37H42IN3O2. The van der Waals surface area contributed by atoms with E-state index in [1.165, 1.54) is 33.9 Å². The minimum atomic E-state index is -0.345. The van der Waals surface area contributed by atoms with Crippen LogP contribution >= 0.6 is 0 Å². The number of nitrogens with zero attached hydrogens (tertiary/aromatic N) is 3. The van der Waals surface area contributed by atoms with E-state index in [4.69, 9.17) is 0 Å². The smallest absolute Gasteiger partial charge is 0.269 e. The van der Waals surface area contributed by atoms with Crippen molar-refractivity contribution >= 4 is 28.3 Å². The Morgan fingerprint density at radius 1 is 0.884 bits per heavy atom. The number of fused-ring (bicyclic) bond motifs is 2. The molecule has 0 N–H and O–H groups in total. The molecule has 0 fully saturated rings. The summed E-state index contributed by atoms with van der Waals surface area (Å²) in [5, 5.41) is 11.4. The van der Waals surface area contributed by atoms with E-state index in [1.54, 1.807) is 12.1 Å². The molecule has 0 aliphatic carbocycles. The molecular weight excluding hydrogens is 645 g/mol. The molecule has 3 aromatic rings. The van der Waals surface area contributed by atoms with Crippen molar-refractivity contribution in [3.8, 4) is 0 Å². The third-order valence-corrected chi connectivity index (χ3v) is 8.75. The summed E-state index contributed by atoms with van der Waals surface area (Å²) in [6, 6.07) is 24.3. The second-order valence-electron chi connectivity index (χ2n) is 12.3. The molecule has 0 saturated heterocycles. The molecule has 0 atom stereocenters. The highest BCUT2D eigenvalue weighted by Gasteiger charge is 2.44. The number of allylic oxidation sites excluding steroid dienone is 6. The van der Waals surface area contributed by atoms with E-state index in [9.17, 15) is 10.1 Å². The summed E-state index contributed by atoms with van der Waals surface area (Å²) in [5.74, 6) is 0. The summed E-state index contributed by atoms with van der Waals surface area (Å²) in [7, 11) is 0. The minimum Gasteiger partial charge on any atom is -1.00 e. The van der Waals surface area contributed by atoms with Crippen molar-refractivity contribution in [2.75, 3.05) is 18.0 Å². The third-order valence-electron chi connectivity index (χ3n) is 8.75. The predicted molar refractivity (Wildman–Crippen MR) is 175 cm³/mol. The van der Waals surface area contributed by atoms with Gasteiger partial charge in [0.05, 0.1) is 10.3 Å². The van der Waals surface area contributed by atoms with Crippen molar-refractivity contribution in [1.82, 2.24) is 0 Å². The maximum atomic E-state index is 11.4. The Morgan fingerprint density at radius 2 is 1.53 bits per heavy atom. The largest absolute Gasteiger partial charge is 1.00 e. The first-order valence-electron chi connectivity index (χ1n) is 15.1. The van der Waals surface area contributed by atoms with Crippen LogP contribution in [0, 0.1) is 10.1 Å². The lowest BCUT2D eigenvalue weighted by Gasteiger charge is -2.26. The molecule has 224 valence electrons. The van der Waals surface area contributed by atoms with Gasteiger partial charge in [0.1, 0.15) is 6.54 Å². The van der Waals surface area contributed by atoms with Gasteiger partial charge in [0.25, 0.3) is 5.69 Å². The normalized spacial score (nSPS) is 17.8. The Kier molecular flexibility index (Phi) is 9.79. The Labute approximate surface area is 273 Å². The highest BCUT2D eigenvalue weighted by molar-refractivity contribution is 6.04. The number of hydrogen-bond acceptors (Lipinski definition) is 3. The Balaban J connectivity index is 0.00000423. The monoisotopic (exact) mass is 687 g/mol. The van der Waals surface area contributed by atoms with Gasteiger partial charge in [-0.15, -0.1) is 0 Å². The molecule has 5 rings (SSSR count). The van der Waals surface area contributed by atoms with E-state index < -0.39 is 0 Å². The van der Waals surface area contributed by atoms with Gasteiger partial charge in [-0.3, -0.25) is 10.1 Å². The summed E-state index contributed by atoms with van der Waals surface area (Å²) in [5.41, 5.74) is 9.49. The fraction of sp³-hybridized carbons (Fsp3) is 0.324. The standard InChI is InChI=1S/C37H42N3O2.HI/c1-7-25-38-32-15-11-9-13-30(32)36(3,4)34(38)23-19-28(27-17-21-29(22-18-27)40(41)42)20-24-35-37(5,6)31-14-10-12-16-33(31)39(35)26-8-2;/h9-24H,7-8,25-26H2,1-6H3;1H/q+1;/p-1. The molecule has 0 bridgehead atoms. The highest BCUT2D eigenvalue weighted by atomic mass is 127. The molecule has 3 aromatic carbocycles. The molecule has 2 aliphatic heterocycles. The van der Waals surface area contributed by atoms with E-state index in [1.807, 2.05) is 12.1 Å². The van der Waals surface area contributed by atoms with Gasteiger partial charge in [-0.25, -0.2) is 0 Å². The van der Waals surface area contributed by atoms with Crippen molar-refractivity contribution in [3.05, 3.63) is 130 Å². The van der Waals surface area contributed by atoms with E-state index in [0.717, 1.165) is 37.1 Å². The second-order valence-corrected chi connectivity index (χ2v) is 12.3. The number of halogens is 1. The first-order valence-corrected chi connectivity index (χ1v) is 15.1. The predicted octanol–water partition coefficient (Wildman–Crippen LogP) is 6.12. The summed E-state index contributed by atoms with van der Waals surface area (Å²) in [4.78, 5) is 13.5. The Hall–Kier alpha value is -3.52. The molecule has 2 aliphatic rings. The zero-order valence-electron chi connectivity index (χ0n) is 26.1. The SMILES string of the molecule is CCCN1/C(=C/C=C(/C=C/C2=[N+](CCC)c3ccccc3C2(C)C)c2ccc([N+](=O)[O-])cc2)C(C)(C)c2ccccc21.[I-]. The molecule has 43 heavy (non-hydrogen) atoms. The molecule has 0 unspecified atom stereocenters. The number of nitro groups is 1. The quantitative estimate of drug-likeness (QED) is 0.0897. The summed E-state index contributed by atoms with van der Waals surface area (Å²) >= 11 is 0. The van der Waals surface area contributed by atoms with Gasteiger partial charge >= 0.3 is 0 Å². The molecule has 6 heteroatoms. The lowest BCUT2D eigenvalue weighted by atomic mass is 9.81. The average Bonchev–Trinajstić information content (AvgIpc) is 3.32. The van der Waals surface area contributed by atoms with Crippen molar-refractivity contribution in [1.29, 1.82) is 0 Å². The van der Waals surface area contributed by atoms with E-state index in [0.29, 0.717) is 0 Å². The van der Waals surface area contributed by atoms with Gasteiger partial charge in [0, 0.05) is 59.6 Å². The van der Waals surface area contributed by atoms with Crippen LogP contribution in [-0.2, 0) is 10.8 Å². The van der Waals surface area contributed by atoms with Gasteiger partial charge < -0.3 is 28.9 Å². The average molecular weight is 688 g/mol.